The zero-order valence-corrected chi connectivity index (χ0v) is 20.8. The number of allylic oxidation sites excluding steroid dienone is 2. The van der Waals surface area contributed by atoms with Gasteiger partial charge in [0.25, 0.3) is 0 Å². The number of hydrogen-bond donors (Lipinski definition) is 0. The van der Waals surface area contributed by atoms with Crippen LogP contribution in [0.25, 0.3) is 12.2 Å². The van der Waals surface area contributed by atoms with Crippen molar-refractivity contribution in [2.75, 3.05) is 6.61 Å². The number of fused-ring (bicyclic) bond motifs is 2. The first-order chi connectivity index (χ1) is 14.9. The Labute approximate surface area is 190 Å². The number of hydrogen-bond acceptors (Lipinski definition) is 1. The first-order valence-corrected chi connectivity index (χ1v) is 14.8. The van der Waals surface area contributed by atoms with Gasteiger partial charge in [0, 0.05) is 6.61 Å². The van der Waals surface area contributed by atoms with Crippen LogP contribution < -0.4 is 0 Å². The van der Waals surface area contributed by atoms with Gasteiger partial charge in [-0.1, -0.05) is 103 Å². The standard InChI is InChI=1S/C29H38OSi/c1-29(2,3)30-17-11-5-6-12-18-31(4,27-19-23-13-7-8-14-24(23)20-27)28-21-25-15-9-10-16-26(25)22-28/h7-10,13-16,19,21H,5-6,11-12,17-18,20,22H2,1-4H3. The van der Waals surface area contributed by atoms with Crippen molar-refractivity contribution in [3.63, 3.8) is 0 Å². The first kappa shape index (κ1) is 22.3. The summed E-state index contributed by atoms with van der Waals surface area (Å²) in [6.07, 6.45) is 12.5. The second kappa shape index (κ2) is 9.30. The molecule has 164 valence electrons. The minimum Gasteiger partial charge on any atom is -0.376 e. The van der Waals surface area contributed by atoms with Crippen LogP contribution in [0.2, 0.25) is 12.6 Å². The van der Waals surface area contributed by atoms with Crippen LogP contribution in [-0.4, -0.2) is 20.3 Å². The zero-order chi connectivity index (χ0) is 21.9. The van der Waals surface area contributed by atoms with Crippen LogP contribution in [0.4, 0.5) is 0 Å². The van der Waals surface area contributed by atoms with E-state index >= 15 is 0 Å². The van der Waals surface area contributed by atoms with Gasteiger partial charge in [-0.2, -0.15) is 0 Å². The molecule has 0 radical (unpaired) electrons. The summed E-state index contributed by atoms with van der Waals surface area (Å²) in [4.78, 5) is 0. The molecule has 31 heavy (non-hydrogen) atoms. The fourth-order valence-corrected chi connectivity index (χ4v) is 9.23. The van der Waals surface area contributed by atoms with Crippen LogP contribution in [0.1, 0.15) is 68.7 Å². The van der Waals surface area contributed by atoms with Crippen molar-refractivity contribution < 1.29 is 4.74 Å². The van der Waals surface area contributed by atoms with Crippen LogP contribution in [0.5, 0.6) is 0 Å². The molecule has 0 aliphatic heterocycles. The molecule has 2 aliphatic rings. The molecule has 0 saturated carbocycles. The first-order valence-electron chi connectivity index (χ1n) is 12.1. The molecule has 2 heteroatoms. The van der Waals surface area contributed by atoms with Crippen molar-refractivity contribution in [1.29, 1.82) is 0 Å². The summed E-state index contributed by atoms with van der Waals surface area (Å²) < 4.78 is 5.90. The predicted molar refractivity (Wildman–Crippen MR) is 137 cm³/mol. The van der Waals surface area contributed by atoms with E-state index in [4.69, 9.17) is 4.74 Å². The third-order valence-corrected chi connectivity index (χ3v) is 11.9. The topological polar surface area (TPSA) is 9.23 Å². The van der Waals surface area contributed by atoms with Crippen LogP contribution in [-0.2, 0) is 17.6 Å². The minimum atomic E-state index is -1.69. The third kappa shape index (κ3) is 5.30. The van der Waals surface area contributed by atoms with E-state index in [2.05, 4.69) is 88.0 Å². The monoisotopic (exact) mass is 430 g/mol. The summed E-state index contributed by atoms with van der Waals surface area (Å²) in [6, 6.07) is 19.4. The van der Waals surface area contributed by atoms with Crippen LogP contribution in [0.3, 0.4) is 0 Å². The zero-order valence-electron chi connectivity index (χ0n) is 19.8. The highest BCUT2D eigenvalue weighted by Gasteiger charge is 2.38. The van der Waals surface area contributed by atoms with Crippen molar-refractivity contribution in [3.05, 3.63) is 81.2 Å². The predicted octanol–water partition coefficient (Wildman–Crippen LogP) is 7.80. The van der Waals surface area contributed by atoms with E-state index in [1.165, 1.54) is 54.0 Å². The Morgan fingerprint density at radius 1 is 0.742 bits per heavy atom. The molecule has 0 N–H and O–H groups in total. The Hall–Kier alpha value is -1.90. The van der Waals surface area contributed by atoms with Crippen molar-refractivity contribution in [3.8, 4) is 0 Å². The van der Waals surface area contributed by atoms with E-state index in [0.717, 1.165) is 19.4 Å². The van der Waals surface area contributed by atoms with Gasteiger partial charge >= 0.3 is 0 Å². The van der Waals surface area contributed by atoms with Crippen molar-refractivity contribution in [2.45, 2.75) is 77.5 Å². The molecule has 2 aromatic rings. The normalized spacial score (nSPS) is 15.5. The number of rotatable bonds is 9. The van der Waals surface area contributed by atoms with E-state index in [0.29, 0.717) is 0 Å². The Balaban J connectivity index is 1.44. The largest absolute Gasteiger partial charge is 0.376 e. The summed E-state index contributed by atoms with van der Waals surface area (Å²) in [6.45, 7) is 9.96. The molecular weight excluding hydrogens is 392 g/mol. The van der Waals surface area contributed by atoms with Crippen molar-refractivity contribution >= 4 is 20.2 Å². The van der Waals surface area contributed by atoms with E-state index in [1.807, 2.05) is 0 Å². The SMILES string of the molecule is CC(C)(C)OCCCCCC[Si](C)(C1=Cc2ccccc2C1)C1=Cc2ccccc2C1. The quantitative estimate of drug-likeness (QED) is 0.291. The molecular formula is C29H38OSi. The Bertz CT molecular complexity index is 913. The molecule has 2 aliphatic carbocycles. The van der Waals surface area contributed by atoms with E-state index < -0.39 is 8.07 Å². The molecule has 4 rings (SSSR count). The van der Waals surface area contributed by atoms with Gasteiger partial charge in [0.2, 0.25) is 0 Å². The lowest BCUT2D eigenvalue weighted by atomic mass is 10.1. The van der Waals surface area contributed by atoms with Gasteiger partial charge in [-0.25, -0.2) is 0 Å². The highest BCUT2D eigenvalue weighted by atomic mass is 28.3. The number of benzene rings is 2. The molecule has 0 spiro atoms. The van der Waals surface area contributed by atoms with Gasteiger partial charge in [0.15, 0.2) is 0 Å². The summed E-state index contributed by atoms with van der Waals surface area (Å²) >= 11 is 0. The van der Waals surface area contributed by atoms with Crippen LogP contribution >= 0.6 is 0 Å². The van der Waals surface area contributed by atoms with Gasteiger partial charge in [0.1, 0.15) is 8.07 Å². The van der Waals surface area contributed by atoms with Gasteiger partial charge in [0.05, 0.1) is 5.60 Å². The average molecular weight is 431 g/mol. The second-order valence-electron chi connectivity index (χ2n) is 10.5. The Kier molecular flexibility index (Phi) is 6.69. The number of unbranched alkanes of at least 4 members (excludes halogenated alkanes) is 3. The fourth-order valence-electron chi connectivity index (χ4n) is 5.11. The van der Waals surface area contributed by atoms with Crippen LogP contribution in [0, 0.1) is 0 Å². The summed E-state index contributed by atoms with van der Waals surface area (Å²) in [5, 5.41) is 3.48. The third-order valence-electron chi connectivity index (χ3n) is 7.06. The fraction of sp³-hybridized carbons (Fsp3) is 0.448. The highest BCUT2D eigenvalue weighted by Crippen LogP contribution is 2.42. The van der Waals surface area contributed by atoms with E-state index in [1.54, 1.807) is 10.4 Å². The van der Waals surface area contributed by atoms with Gasteiger partial charge in [-0.05, 0) is 62.3 Å². The molecule has 0 bridgehead atoms. The lowest BCUT2D eigenvalue weighted by molar-refractivity contribution is -0.00471. The molecule has 1 nitrogen and oxygen atoms in total. The molecule has 0 saturated heterocycles. The molecule has 0 unspecified atom stereocenters. The van der Waals surface area contributed by atoms with E-state index in [-0.39, 0.29) is 5.60 Å². The highest BCUT2D eigenvalue weighted by molar-refractivity contribution is 6.93. The second-order valence-corrected chi connectivity index (χ2v) is 15.0. The molecule has 0 heterocycles. The smallest absolute Gasteiger partial charge is 0.106 e. The molecule has 0 fully saturated rings. The maximum Gasteiger partial charge on any atom is 0.106 e. The maximum absolute atomic E-state index is 5.90. The summed E-state index contributed by atoms with van der Waals surface area (Å²) in [5.74, 6) is 0. The van der Waals surface area contributed by atoms with Crippen molar-refractivity contribution in [2.24, 2.45) is 0 Å². The minimum absolute atomic E-state index is 0.0145. The number of ether oxygens (including phenoxy) is 1. The summed E-state index contributed by atoms with van der Waals surface area (Å²) in [5.41, 5.74) is 5.93. The lowest BCUT2D eigenvalue weighted by Crippen LogP contribution is -2.36. The van der Waals surface area contributed by atoms with Gasteiger partial charge in [-0.3, -0.25) is 0 Å². The van der Waals surface area contributed by atoms with Crippen molar-refractivity contribution in [1.82, 2.24) is 0 Å². The lowest BCUT2D eigenvalue weighted by Gasteiger charge is -2.31. The maximum atomic E-state index is 5.90. The molecule has 2 aromatic carbocycles. The average Bonchev–Trinajstić information content (AvgIpc) is 3.37. The Morgan fingerprint density at radius 2 is 1.26 bits per heavy atom. The molecule has 0 atom stereocenters. The van der Waals surface area contributed by atoms with E-state index in [9.17, 15) is 0 Å². The summed E-state index contributed by atoms with van der Waals surface area (Å²) in [7, 11) is -1.69. The van der Waals surface area contributed by atoms with Gasteiger partial charge < -0.3 is 4.74 Å². The molecule has 0 amide bonds. The Morgan fingerprint density at radius 3 is 1.77 bits per heavy atom. The van der Waals surface area contributed by atoms with Gasteiger partial charge in [-0.15, -0.1) is 0 Å². The van der Waals surface area contributed by atoms with Crippen LogP contribution in [0.15, 0.2) is 58.9 Å². The molecule has 0 aromatic heterocycles.